The maximum absolute atomic E-state index is 13.6. The number of sulfonamides is 1. The average molecular weight is 564 g/mol. The number of benzene rings is 3. The van der Waals surface area contributed by atoms with Crippen LogP contribution in [0.1, 0.15) is 62.5 Å². The molecule has 6 rings (SSSR count). The molecule has 2 aliphatic rings. The van der Waals surface area contributed by atoms with E-state index >= 15 is 0 Å². The van der Waals surface area contributed by atoms with Crippen molar-refractivity contribution in [2.75, 3.05) is 6.54 Å². The predicted octanol–water partition coefficient (Wildman–Crippen LogP) is 5.69. The van der Waals surface area contributed by atoms with Gasteiger partial charge in [0.25, 0.3) is 0 Å². The van der Waals surface area contributed by atoms with Gasteiger partial charge in [0.2, 0.25) is 10.0 Å². The van der Waals surface area contributed by atoms with Gasteiger partial charge in [-0.2, -0.15) is 9.57 Å². The number of carbonyl (C=O) groups is 1. The number of rotatable bonds is 5. The number of ether oxygens (including phenoxy) is 1. The zero-order valence-corrected chi connectivity index (χ0v) is 23.7. The highest BCUT2D eigenvalue weighted by Crippen LogP contribution is 2.41. The van der Waals surface area contributed by atoms with Gasteiger partial charge in [0.15, 0.2) is 5.78 Å². The SMILES string of the molecule is CC(=O)c1ccc(-c2nc3c(c4c2C[C@H](c2ccccc2)OC4)CN(S(=O)(=O)c2ccc(C#N)cc2)CC3)c(C)c1. The van der Waals surface area contributed by atoms with Crippen molar-refractivity contribution >= 4 is 15.8 Å². The standard InChI is InChI=1S/C33H29N3O4S/c1-21-16-25(22(2)37)10-13-27(21)33-28-17-32(24-6-4-3-5-7-24)40-20-30(28)29-19-36(15-14-31(29)35-33)41(38,39)26-11-8-23(18-34)9-12-26/h3-13,16,32H,14-15,17,19-20H2,1-2H3/t32-/m1/s1. The molecule has 0 spiro atoms. The molecule has 0 fully saturated rings. The van der Waals surface area contributed by atoms with Crippen molar-refractivity contribution < 1.29 is 17.9 Å². The van der Waals surface area contributed by atoms with Crippen molar-refractivity contribution in [3.63, 3.8) is 0 Å². The smallest absolute Gasteiger partial charge is 0.243 e. The molecule has 0 saturated heterocycles. The van der Waals surface area contributed by atoms with Gasteiger partial charge in [0.05, 0.1) is 34.9 Å². The molecule has 4 aromatic rings. The Morgan fingerprint density at radius 1 is 1.02 bits per heavy atom. The Morgan fingerprint density at radius 3 is 2.46 bits per heavy atom. The van der Waals surface area contributed by atoms with Gasteiger partial charge in [-0.15, -0.1) is 0 Å². The van der Waals surface area contributed by atoms with Gasteiger partial charge in [-0.05, 0) is 72.0 Å². The lowest BCUT2D eigenvalue weighted by atomic mass is 9.86. The van der Waals surface area contributed by atoms with E-state index in [1.165, 1.54) is 28.6 Å². The van der Waals surface area contributed by atoms with Gasteiger partial charge in [-0.25, -0.2) is 8.42 Å². The summed E-state index contributed by atoms with van der Waals surface area (Å²) in [5.41, 5.74) is 8.79. The molecule has 206 valence electrons. The normalized spacial score (nSPS) is 16.9. The van der Waals surface area contributed by atoms with Crippen LogP contribution in [0, 0.1) is 18.3 Å². The first-order chi connectivity index (χ1) is 19.8. The number of nitrogens with zero attached hydrogens (tertiary/aromatic N) is 3. The average Bonchev–Trinajstić information content (AvgIpc) is 3.00. The molecule has 7 nitrogen and oxygen atoms in total. The maximum atomic E-state index is 13.6. The minimum Gasteiger partial charge on any atom is -0.368 e. The first-order valence-corrected chi connectivity index (χ1v) is 15.0. The van der Waals surface area contributed by atoms with Crippen LogP contribution < -0.4 is 0 Å². The molecule has 0 saturated carbocycles. The van der Waals surface area contributed by atoms with E-state index in [9.17, 15) is 13.2 Å². The van der Waals surface area contributed by atoms with E-state index in [4.69, 9.17) is 15.0 Å². The number of hydrogen-bond donors (Lipinski definition) is 0. The molecule has 0 N–H and O–H groups in total. The summed E-state index contributed by atoms with van der Waals surface area (Å²) in [7, 11) is -3.77. The van der Waals surface area contributed by atoms with Crippen molar-refractivity contribution in [2.24, 2.45) is 0 Å². The minimum absolute atomic E-state index is 0.0150. The van der Waals surface area contributed by atoms with Crippen molar-refractivity contribution in [1.82, 2.24) is 9.29 Å². The molecule has 3 aromatic carbocycles. The van der Waals surface area contributed by atoms with Gasteiger partial charge in [-0.1, -0.05) is 42.5 Å². The Balaban J connectivity index is 1.44. The van der Waals surface area contributed by atoms with E-state index < -0.39 is 10.0 Å². The zero-order chi connectivity index (χ0) is 28.7. The second-order valence-electron chi connectivity index (χ2n) is 10.6. The number of aromatic nitrogens is 1. The Labute approximate surface area is 240 Å². The summed E-state index contributed by atoms with van der Waals surface area (Å²) >= 11 is 0. The van der Waals surface area contributed by atoms with Crippen LogP contribution in [0.4, 0.5) is 0 Å². The Morgan fingerprint density at radius 2 is 1.78 bits per heavy atom. The molecule has 0 amide bonds. The monoisotopic (exact) mass is 563 g/mol. The number of hydrogen-bond acceptors (Lipinski definition) is 6. The summed E-state index contributed by atoms with van der Waals surface area (Å²) in [5.74, 6) is 0.0150. The van der Waals surface area contributed by atoms with Crippen LogP contribution in [0.25, 0.3) is 11.3 Å². The van der Waals surface area contributed by atoms with Crippen LogP contribution in [-0.4, -0.2) is 30.0 Å². The molecule has 1 atom stereocenters. The molecule has 3 heterocycles. The molecule has 0 aliphatic carbocycles. The molecular weight excluding hydrogens is 534 g/mol. The first kappa shape index (κ1) is 27.0. The molecule has 0 bridgehead atoms. The van der Waals surface area contributed by atoms with E-state index in [0.29, 0.717) is 37.1 Å². The lowest BCUT2D eigenvalue weighted by molar-refractivity contribution is 0.0265. The quantitative estimate of drug-likeness (QED) is 0.289. The largest absolute Gasteiger partial charge is 0.368 e. The van der Waals surface area contributed by atoms with E-state index in [1.807, 2.05) is 49.4 Å². The number of ketones is 1. The number of carbonyl (C=O) groups excluding carboxylic acids is 1. The zero-order valence-electron chi connectivity index (χ0n) is 22.9. The summed E-state index contributed by atoms with van der Waals surface area (Å²) in [6, 6.07) is 23.9. The Bertz CT molecular complexity index is 1810. The number of nitriles is 1. The van der Waals surface area contributed by atoms with E-state index in [2.05, 4.69) is 12.1 Å². The Kier molecular flexibility index (Phi) is 7.04. The van der Waals surface area contributed by atoms with Crippen LogP contribution in [0.3, 0.4) is 0 Å². The van der Waals surface area contributed by atoms with Crippen LogP contribution >= 0.6 is 0 Å². The van der Waals surface area contributed by atoms with E-state index in [0.717, 1.165) is 44.8 Å². The van der Waals surface area contributed by atoms with Gasteiger partial charge in [0, 0.05) is 42.8 Å². The van der Waals surface area contributed by atoms with E-state index in [1.54, 1.807) is 6.92 Å². The van der Waals surface area contributed by atoms with Gasteiger partial charge in [0.1, 0.15) is 0 Å². The summed E-state index contributed by atoms with van der Waals surface area (Å²) in [5, 5.41) is 9.11. The lowest BCUT2D eigenvalue weighted by Crippen LogP contribution is -2.37. The third kappa shape index (κ3) is 4.97. The van der Waals surface area contributed by atoms with Crippen molar-refractivity contribution in [2.45, 2.75) is 50.8 Å². The summed E-state index contributed by atoms with van der Waals surface area (Å²) in [6.07, 6.45) is 0.921. The van der Waals surface area contributed by atoms with Crippen molar-refractivity contribution in [3.05, 3.63) is 117 Å². The van der Waals surface area contributed by atoms with Crippen LogP contribution in [0.2, 0.25) is 0 Å². The van der Waals surface area contributed by atoms with Gasteiger partial charge < -0.3 is 4.74 Å². The maximum Gasteiger partial charge on any atom is 0.243 e. The molecule has 0 unspecified atom stereocenters. The van der Waals surface area contributed by atoms with E-state index in [-0.39, 0.29) is 23.3 Å². The second-order valence-corrected chi connectivity index (χ2v) is 12.5. The van der Waals surface area contributed by atoms with Gasteiger partial charge >= 0.3 is 0 Å². The van der Waals surface area contributed by atoms with Crippen LogP contribution in [-0.2, 0) is 40.8 Å². The fourth-order valence-corrected chi connectivity index (χ4v) is 7.19. The molecular formula is C33H29N3O4S. The van der Waals surface area contributed by atoms with Crippen LogP contribution in [0.5, 0.6) is 0 Å². The molecule has 41 heavy (non-hydrogen) atoms. The lowest BCUT2D eigenvalue weighted by Gasteiger charge is -2.34. The number of aryl methyl sites for hydroxylation is 1. The molecule has 8 heteroatoms. The molecule has 0 radical (unpaired) electrons. The van der Waals surface area contributed by atoms with Crippen molar-refractivity contribution in [3.8, 4) is 17.3 Å². The third-order valence-corrected chi connectivity index (χ3v) is 9.90. The predicted molar refractivity (Wildman–Crippen MR) is 155 cm³/mol. The number of Topliss-reactive ketones (excluding diaryl/α,β-unsaturated/α-hetero) is 1. The fraction of sp³-hybridized carbons (Fsp3) is 0.242. The molecule has 2 aliphatic heterocycles. The summed E-state index contributed by atoms with van der Waals surface area (Å²) in [6.45, 7) is 4.41. The fourth-order valence-electron chi connectivity index (χ4n) is 5.78. The third-order valence-electron chi connectivity index (χ3n) is 8.04. The highest BCUT2D eigenvalue weighted by molar-refractivity contribution is 7.89. The highest BCUT2D eigenvalue weighted by atomic mass is 32.2. The Hall–Kier alpha value is -4.16. The van der Waals surface area contributed by atoms with Crippen molar-refractivity contribution in [1.29, 1.82) is 5.26 Å². The van der Waals surface area contributed by atoms with Crippen LogP contribution in [0.15, 0.2) is 77.7 Å². The second kappa shape index (κ2) is 10.7. The topological polar surface area (TPSA) is 100 Å². The van der Waals surface area contributed by atoms with Gasteiger partial charge in [-0.3, -0.25) is 9.78 Å². The summed E-state index contributed by atoms with van der Waals surface area (Å²) in [4.78, 5) is 17.4. The first-order valence-electron chi connectivity index (χ1n) is 13.6. The highest BCUT2D eigenvalue weighted by Gasteiger charge is 2.35. The minimum atomic E-state index is -3.77. The number of pyridine rings is 1. The summed E-state index contributed by atoms with van der Waals surface area (Å²) < 4.78 is 35.1. The molecule has 1 aromatic heterocycles. The number of fused-ring (bicyclic) bond motifs is 3.